The number of nitrogens with one attached hydrogen (secondary N) is 1. The van der Waals surface area contributed by atoms with Gasteiger partial charge >= 0.3 is 5.97 Å². The molecule has 1 aromatic heterocycles. The number of methoxy groups -OCH3 is 1. The molecule has 0 aliphatic heterocycles. The molecule has 4 aromatic rings. The fourth-order valence-electron chi connectivity index (χ4n) is 4.11. The number of carbonyl (C=O) groups excluding carboxylic acids is 1. The summed E-state index contributed by atoms with van der Waals surface area (Å²) in [6.07, 6.45) is 3.11. The van der Waals surface area contributed by atoms with E-state index in [0.29, 0.717) is 11.3 Å². The number of anilines is 1. The van der Waals surface area contributed by atoms with Crippen LogP contribution in [0.5, 0.6) is 0 Å². The fourth-order valence-corrected chi connectivity index (χ4v) is 4.11. The van der Waals surface area contributed by atoms with E-state index in [1.54, 1.807) is 24.4 Å². The van der Waals surface area contributed by atoms with Gasteiger partial charge in [0.05, 0.1) is 24.4 Å². The third-order valence-corrected chi connectivity index (χ3v) is 6.04. The monoisotopic (exact) mass is 457 g/mol. The van der Waals surface area contributed by atoms with Gasteiger partial charge in [-0.25, -0.2) is 9.78 Å². The molecule has 7 heteroatoms. The van der Waals surface area contributed by atoms with E-state index in [9.17, 15) is 14.7 Å². The molecule has 0 fully saturated rings. The van der Waals surface area contributed by atoms with E-state index in [4.69, 9.17) is 4.74 Å². The van der Waals surface area contributed by atoms with Gasteiger partial charge in [-0.05, 0) is 41.0 Å². The standard InChI is InChI=1S/C27H27N3O4/c1-17-11-12-20(27(33)34-3)15-23(17)30-14-13-28-25(26(30)32)29-24(18(2)16-31)22-10-6-8-19-7-4-5-9-21(19)22/h4-15,18,24,31H,16H2,1-3H3,(H,28,29)/t18-,24+/m0/s1. The number of fused-ring (bicyclic) bond motifs is 1. The van der Waals surface area contributed by atoms with Crippen molar-refractivity contribution >= 4 is 22.6 Å². The van der Waals surface area contributed by atoms with Crippen molar-refractivity contribution in [3.05, 3.63) is 100 Å². The number of nitrogens with zero attached hydrogens (tertiary/aromatic N) is 2. The highest BCUT2D eigenvalue weighted by Crippen LogP contribution is 2.31. The Hall–Kier alpha value is -3.97. The molecule has 0 aliphatic carbocycles. The second-order valence-electron chi connectivity index (χ2n) is 8.29. The molecular weight excluding hydrogens is 430 g/mol. The lowest BCUT2D eigenvalue weighted by molar-refractivity contribution is 0.0600. The first-order chi connectivity index (χ1) is 16.4. The van der Waals surface area contributed by atoms with E-state index >= 15 is 0 Å². The minimum absolute atomic E-state index is 0.0673. The van der Waals surface area contributed by atoms with Crippen LogP contribution in [0.3, 0.4) is 0 Å². The van der Waals surface area contributed by atoms with Gasteiger partial charge < -0.3 is 15.2 Å². The van der Waals surface area contributed by atoms with E-state index in [0.717, 1.165) is 21.9 Å². The quantitative estimate of drug-likeness (QED) is 0.403. The van der Waals surface area contributed by atoms with Crippen LogP contribution in [0.25, 0.3) is 16.5 Å². The lowest BCUT2D eigenvalue weighted by atomic mass is 9.91. The lowest BCUT2D eigenvalue weighted by Gasteiger charge is -2.26. The molecule has 0 saturated heterocycles. The van der Waals surface area contributed by atoms with Crippen LogP contribution < -0.4 is 10.9 Å². The minimum Gasteiger partial charge on any atom is -0.465 e. The van der Waals surface area contributed by atoms with Crippen LogP contribution >= 0.6 is 0 Å². The van der Waals surface area contributed by atoms with Gasteiger partial charge in [0.1, 0.15) is 0 Å². The number of carbonyl (C=O) groups is 1. The van der Waals surface area contributed by atoms with E-state index in [-0.39, 0.29) is 29.9 Å². The Morgan fingerprint density at radius 2 is 1.91 bits per heavy atom. The maximum absolute atomic E-state index is 13.5. The summed E-state index contributed by atoms with van der Waals surface area (Å²) in [6, 6.07) is 18.7. The molecule has 3 aromatic carbocycles. The van der Waals surface area contributed by atoms with Crippen LogP contribution in [-0.4, -0.2) is 34.3 Å². The number of ether oxygens (including phenoxy) is 1. The van der Waals surface area contributed by atoms with E-state index in [2.05, 4.69) is 10.3 Å². The largest absolute Gasteiger partial charge is 0.465 e. The summed E-state index contributed by atoms with van der Waals surface area (Å²) in [6.45, 7) is 3.72. The van der Waals surface area contributed by atoms with Gasteiger partial charge in [0.15, 0.2) is 5.82 Å². The number of aliphatic hydroxyl groups excluding tert-OH is 1. The van der Waals surface area contributed by atoms with E-state index in [1.165, 1.54) is 17.9 Å². The SMILES string of the molecule is COC(=O)c1ccc(C)c(-n2ccnc(N[C@@H](c3cccc4ccccc34)[C@@H](C)CO)c2=O)c1. The predicted molar refractivity (Wildman–Crippen MR) is 132 cm³/mol. The molecule has 0 amide bonds. The average Bonchev–Trinajstić information content (AvgIpc) is 2.87. The van der Waals surface area contributed by atoms with E-state index < -0.39 is 5.97 Å². The van der Waals surface area contributed by atoms with Crippen molar-refractivity contribution in [2.75, 3.05) is 19.0 Å². The molecule has 0 spiro atoms. The molecule has 4 rings (SSSR count). The van der Waals surface area contributed by atoms with Crippen LogP contribution in [-0.2, 0) is 4.74 Å². The molecule has 0 aliphatic rings. The van der Waals surface area contributed by atoms with Crippen molar-refractivity contribution in [2.45, 2.75) is 19.9 Å². The summed E-state index contributed by atoms with van der Waals surface area (Å²) in [5, 5.41) is 15.4. The summed E-state index contributed by atoms with van der Waals surface area (Å²) in [5.41, 5.74) is 2.35. The molecule has 34 heavy (non-hydrogen) atoms. The lowest BCUT2D eigenvalue weighted by Crippen LogP contribution is -2.29. The van der Waals surface area contributed by atoms with Crippen molar-refractivity contribution in [1.29, 1.82) is 0 Å². The van der Waals surface area contributed by atoms with Crippen LogP contribution in [0.4, 0.5) is 5.82 Å². The summed E-state index contributed by atoms with van der Waals surface area (Å²) >= 11 is 0. The fraction of sp³-hybridized carbons (Fsp3) is 0.222. The number of aromatic nitrogens is 2. The molecule has 0 saturated carbocycles. The van der Waals surface area contributed by atoms with Crippen molar-refractivity contribution < 1.29 is 14.6 Å². The Bertz CT molecular complexity index is 1390. The average molecular weight is 458 g/mol. The maximum Gasteiger partial charge on any atom is 0.337 e. The van der Waals surface area contributed by atoms with Crippen molar-refractivity contribution in [3.8, 4) is 5.69 Å². The zero-order chi connectivity index (χ0) is 24.2. The molecular formula is C27H27N3O4. The second kappa shape index (κ2) is 9.89. The summed E-state index contributed by atoms with van der Waals surface area (Å²) in [4.78, 5) is 29.8. The summed E-state index contributed by atoms with van der Waals surface area (Å²) in [5.74, 6) is -0.511. The third kappa shape index (κ3) is 4.43. The normalized spacial score (nSPS) is 12.8. The van der Waals surface area contributed by atoms with Gasteiger partial charge in [-0.1, -0.05) is 55.5 Å². The van der Waals surface area contributed by atoms with Crippen LogP contribution in [0, 0.1) is 12.8 Å². The topological polar surface area (TPSA) is 93.5 Å². The number of aryl methyl sites for hydroxylation is 1. The Kier molecular flexibility index (Phi) is 6.75. The molecule has 2 N–H and O–H groups in total. The van der Waals surface area contributed by atoms with Crippen LogP contribution in [0.15, 0.2) is 77.9 Å². The zero-order valence-electron chi connectivity index (χ0n) is 19.4. The van der Waals surface area contributed by atoms with Crippen molar-refractivity contribution in [2.24, 2.45) is 5.92 Å². The van der Waals surface area contributed by atoms with Gasteiger partial charge in [0.25, 0.3) is 5.56 Å². The third-order valence-electron chi connectivity index (χ3n) is 6.04. The minimum atomic E-state index is -0.477. The summed E-state index contributed by atoms with van der Waals surface area (Å²) in [7, 11) is 1.32. The van der Waals surface area contributed by atoms with Gasteiger partial charge in [-0.3, -0.25) is 9.36 Å². The van der Waals surface area contributed by atoms with Gasteiger partial charge in [0, 0.05) is 24.9 Å². The molecule has 174 valence electrons. The first kappa shape index (κ1) is 23.2. The predicted octanol–water partition coefficient (Wildman–Crippen LogP) is 4.26. The second-order valence-corrected chi connectivity index (χ2v) is 8.29. The number of hydrogen-bond acceptors (Lipinski definition) is 6. The number of hydrogen-bond donors (Lipinski definition) is 2. The highest BCUT2D eigenvalue weighted by Gasteiger charge is 2.23. The molecule has 0 unspecified atom stereocenters. The van der Waals surface area contributed by atoms with Gasteiger partial charge in [0.2, 0.25) is 0 Å². The summed E-state index contributed by atoms with van der Waals surface area (Å²) < 4.78 is 6.28. The Labute approximate surface area is 197 Å². The van der Waals surface area contributed by atoms with Gasteiger partial charge in [-0.2, -0.15) is 0 Å². The first-order valence-electron chi connectivity index (χ1n) is 11.1. The number of benzene rings is 3. The number of rotatable bonds is 7. The highest BCUT2D eigenvalue weighted by molar-refractivity contribution is 5.90. The smallest absolute Gasteiger partial charge is 0.337 e. The Balaban J connectivity index is 1.79. The highest BCUT2D eigenvalue weighted by atomic mass is 16.5. The Morgan fingerprint density at radius 1 is 1.15 bits per heavy atom. The van der Waals surface area contributed by atoms with Crippen molar-refractivity contribution in [3.63, 3.8) is 0 Å². The molecule has 7 nitrogen and oxygen atoms in total. The molecule has 2 atom stereocenters. The van der Waals surface area contributed by atoms with Crippen LogP contribution in [0.2, 0.25) is 0 Å². The molecule has 0 radical (unpaired) electrons. The molecule has 0 bridgehead atoms. The molecule has 1 heterocycles. The van der Waals surface area contributed by atoms with Crippen molar-refractivity contribution in [1.82, 2.24) is 9.55 Å². The number of esters is 1. The van der Waals surface area contributed by atoms with E-state index in [1.807, 2.05) is 56.3 Å². The van der Waals surface area contributed by atoms with Gasteiger partial charge in [-0.15, -0.1) is 0 Å². The Morgan fingerprint density at radius 3 is 2.68 bits per heavy atom. The first-order valence-corrected chi connectivity index (χ1v) is 11.1. The van der Waals surface area contributed by atoms with Crippen LogP contribution in [0.1, 0.15) is 34.5 Å². The number of aliphatic hydroxyl groups is 1. The zero-order valence-corrected chi connectivity index (χ0v) is 19.4. The maximum atomic E-state index is 13.5.